The minimum atomic E-state index is -6.35. The number of esters is 1. The molecule has 1 aliphatic heterocycles. The third kappa shape index (κ3) is 5.23. The van der Waals surface area contributed by atoms with Crippen LogP contribution in [0.4, 0.5) is 26.3 Å². The topological polar surface area (TPSA) is 102 Å². The van der Waals surface area contributed by atoms with Gasteiger partial charge in [0.05, 0.1) is 12.5 Å². The lowest BCUT2D eigenvalue weighted by Crippen LogP contribution is -2.63. The van der Waals surface area contributed by atoms with Gasteiger partial charge in [0.2, 0.25) is 0 Å². The Labute approximate surface area is 172 Å². The second kappa shape index (κ2) is 7.81. The average molecular weight is 478 g/mol. The van der Waals surface area contributed by atoms with E-state index < -0.39 is 45.7 Å². The fraction of sp³-hybridized carbons (Fsp3) is 0.588. The second-order valence-corrected chi connectivity index (χ2v) is 8.72. The normalized spacial score (nSPS) is 21.5. The van der Waals surface area contributed by atoms with Crippen LogP contribution >= 0.6 is 0 Å². The van der Waals surface area contributed by atoms with E-state index in [4.69, 9.17) is 14.0 Å². The third-order valence-corrected chi connectivity index (χ3v) is 5.63. The third-order valence-electron chi connectivity index (χ3n) is 4.86. The van der Waals surface area contributed by atoms with Crippen molar-refractivity contribution in [2.75, 3.05) is 19.0 Å². The van der Waals surface area contributed by atoms with E-state index in [-0.39, 0.29) is 25.6 Å². The lowest BCUT2D eigenvalue weighted by Gasteiger charge is -2.36. The van der Waals surface area contributed by atoms with E-state index in [1.165, 1.54) is 18.2 Å². The number of halogens is 6. The predicted molar refractivity (Wildman–Crippen MR) is 89.9 cm³/mol. The number of ether oxygens (including phenoxy) is 3. The Morgan fingerprint density at radius 1 is 1.10 bits per heavy atom. The van der Waals surface area contributed by atoms with E-state index in [1.54, 1.807) is 0 Å². The zero-order valence-corrected chi connectivity index (χ0v) is 16.3. The first kappa shape index (κ1) is 23.6. The van der Waals surface area contributed by atoms with Crippen molar-refractivity contribution < 1.29 is 58.3 Å². The highest BCUT2D eigenvalue weighted by Crippen LogP contribution is 2.47. The number of fused-ring (bicyclic) bond motifs is 1. The van der Waals surface area contributed by atoms with Gasteiger partial charge in [0.15, 0.2) is 0 Å². The second-order valence-electron chi connectivity index (χ2n) is 7.27. The first-order chi connectivity index (χ1) is 14.1. The van der Waals surface area contributed by atoms with Crippen molar-refractivity contribution >= 4 is 16.1 Å². The van der Waals surface area contributed by atoms with Crippen LogP contribution in [-0.2, 0) is 37.2 Å². The molecule has 0 saturated carbocycles. The fourth-order valence-electron chi connectivity index (χ4n) is 3.19. The van der Waals surface area contributed by atoms with E-state index in [0.717, 1.165) is 0 Å². The quantitative estimate of drug-likeness (QED) is 0.278. The molecule has 3 rings (SSSR count). The molecule has 2 unspecified atom stereocenters. The maximum absolute atomic E-state index is 13.3. The largest absolute Gasteiger partial charge is 0.491 e. The summed E-state index contributed by atoms with van der Waals surface area (Å²) >= 11 is 0. The van der Waals surface area contributed by atoms with Crippen LogP contribution < -0.4 is 4.74 Å². The van der Waals surface area contributed by atoms with Crippen LogP contribution in [0.1, 0.15) is 11.1 Å². The number of epoxide rings is 1. The van der Waals surface area contributed by atoms with E-state index in [0.29, 0.717) is 23.5 Å². The zero-order valence-electron chi connectivity index (χ0n) is 15.5. The molecule has 2 atom stereocenters. The lowest BCUT2D eigenvalue weighted by molar-refractivity contribution is -0.362. The standard InChI is InChI=1S/C17H16F6O7S/c18-16(19,20)15(17(21,22)23,8-31(25,26)27)30-14(24)11-3-9-1-2-12(5-10(9)4-11)28-6-13-7-29-13/h1-2,5,11,13H,3-4,6-8H2,(H,25,26,27). The molecule has 31 heavy (non-hydrogen) atoms. The highest BCUT2D eigenvalue weighted by Gasteiger charge is 2.76. The van der Waals surface area contributed by atoms with E-state index in [9.17, 15) is 39.6 Å². The van der Waals surface area contributed by atoms with Gasteiger partial charge in [0.1, 0.15) is 24.2 Å². The molecule has 1 heterocycles. The summed E-state index contributed by atoms with van der Waals surface area (Å²) in [5.41, 5.74) is -4.44. The molecule has 0 radical (unpaired) electrons. The Morgan fingerprint density at radius 2 is 1.68 bits per heavy atom. The number of rotatable bonds is 7. The molecule has 1 N–H and O–H groups in total. The zero-order chi connectivity index (χ0) is 23.2. The van der Waals surface area contributed by atoms with Crippen molar-refractivity contribution in [3.63, 3.8) is 0 Å². The fourth-order valence-corrected chi connectivity index (χ4v) is 4.09. The Hall–Kier alpha value is -2.06. The van der Waals surface area contributed by atoms with Crippen molar-refractivity contribution in [1.82, 2.24) is 0 Å². The van der Waals surface area contributed by atoms with Gasteiger partial charge in [0, 0.05) is 0 Å². The Kier molecular flexibility index (Phi) is 5.95. The maximum atomic E-state index is 13.3. The number of hydrogen-bond donors (Lipinski definition) is 1. The summed E-state index contributed by atoms with van der Waals surface area (Å²) in [6, 6.07) is 4.55. The molecule has 1 aliphatic carbocycles. The molecule has 1 fully saturated rings. The minimum Gasteiger partial charge on any atom is -0.491 e. The number of benzene rings is 1. The summed E-state index contributed by atoms with van der Waals surface area (Å²) in [5, 5.41) is 0. The molecule has 0 bridgehead atoms. The highest BCUT2D eigenvalue weighted by atomic mass is 32.2. The number of carbonyl (C=O) groups is 1. The molecule has 14 heteroatoms. The van der Waals surface area contributed by atoms with Crippen LogP contribution in [0.3, 0.4) is 0 Å². The van der Waals surface area contributed by atoms with Gasteiger partial charge in [-0.25, -0.2) is 0 Å². The molecular weight excluding hydrogens is 462 g/mol. The predicted octanol–water partition coefficient (Wildman–Crippen LogP) is 2.47. The Bertz CT molecular complexity index is 939. The lowest BCUT2D eigenvalue weighted by atomic mass is 10.0. The van der Waals surface area contributed by atoms with Crippen LogP contribution in [-0.4, -0.2) is 62.0 Å². The number of alkyl halides is 6. The van der Waals surface area contributed by atoms with Crippen molar-refractivity contribution in [3.8, 4) is 5.75 Å². The molecule has 7 nitrogen and oxygen atoms in total. The van der Waals surface area contributed by atoms with Gasteiger partial charge in [-0.2, -0.15) is 34.8 Å². The van der Waals surface area contributed by atoms with Crippen molar-refractivity contribution in [2.45, 2.75) is 36.9 Å². The summed E-state index contributed by atoms with van der Waals surface area (Å²) < 4.78 is 125. The summed E-state index contributed by atoms with van der Waals surface area (Å²) in [7, 11) is -5.83. The van der Waals surface area contributed by atoms with E-state index >= 15 is 0 Å². The monoisotopic (exact) mass is 478 g/mol. The van der Waals surface area contributed by atoms with Gasteiger partial charge in [-0.15, -0.1) is 0 Å². The van der Waals surface area contributed by atoms with Gasteiger partial charge in [-0.1, -0.05) is 6.07 Å². The molecule has 0 aromatic heterocycles. The van der Waals surface area contributed by atoms with E-state index in [1.807, 2.05) is 0 Å². The molecule has 1 aromatic carbocycles. The van der Waals surface area contributed by atoms with Crippen LogP contribution in [0.15, 0.2) is 18.2 Å². The van der Waals surface area contributed by atoms with Crippen LogP contribution in [0.25, 0.3) is 0 Å². The van der Waals surface area contributed by atoms with Crippen molar-refractivity contribution in [1.29, 1.82) is 0 Å². The highest BCUT2D eigenvalue weighted by molar-refractivity contribution is 7.85. The van der Waals surface area contributed by atoms with Crippen LogP contribution in [0.5, 0.6) is 5.75 Å². The van der Waals surface area contributed by atoms with Crippen molar-refractivity contribution in [3.05, 3.63) is 29.3 Å². The molecule has 0 amide bonds. The maximum Gasteiger partial charge on any atom is 0.438 e. The first-order valence-electron chi connectivity index (χ1n) is 8.79. The van der Waals surface area contributed by atoms with Gasteiger partial charge in [-0.3, -0.25) is 9.35 Å². The summed E-state index contributed by atoms with van der Waals surface area (Å²) in [4.78, 5) is 12.3. The Balaban J connectivity index is 1.79. The first-order valence-corrected chi connectivity index (χ1v) is 10.4. The summed E-state index contributed by atoms with van der Waals surface area (Å²) in [6.45, 7) is 0.808. The molecule has 1 saturated heterocycles. The smallest absolute Gasteiger partial charge is 0.438 e. The Morgan fingerprint density at radius 3 is 2.19 bits per heavy atom. The van der Waals surface area contributed by atoms with Crippen LogP contribution in [0.2, 0.25) is 0 Å². The molecule has 2 aliphatic rings. The van der Waals surface area contributed by atoms with Gasteiger partial charge >= 0.3 is 23.9 Å². The summed E-state index contributed by atoms with van der Waals surface area (Å²) in [5.74, 6) is -5.82. The van der Waals surface area contributed by atoms with Gasteiger partial charge in [-0.05, 0) is 36.1 Å². The number of carbonyl (C=O) groups excluding carboxylic acids is 1. The minimum absolute atomic E-state index is 0.0448. The van der Waals surface area contributed by atoms with Crippen molar-refractivity contribution in [2.24, 2.45) is 5.92 Å². The molecule has 0 spiro atoms. The molecule has 174 valence electrons. The SMILES string of the molecule is O=C(OC(CS(=O)(=O)O)(C(F)(F)F)C(F)(F)F)C1Cc2ccc(OCC3CO3)cc2C1. The molecule has 1 aromatic rings. The van der Waals surface area contributed by atoms with E-state index in [2.05, 4.69) is 4.74 Å². The average Bonchev–Trinajstić information content (AvgIpc) is 3.32. The summed E-state index contributed by atoms with van der Waals surface area (Å²) in [6.07, 6.45) is -13.2. The number of hydrogen-bond acceptors (Lipinski definition) is 6. The molecular formula is C17H16F6O7S. The van der Waals surface area contributed by atoms with Crippen LogP contribution in [0, 0.1) is 5.92 Å². The van der Waals surface area contributed by atoms with Gasteiger partial charge in [0.25, 0.3) is 10.1 Å². The van der Waals surface area contributed by atoms with Gasteiger partial charge < -0.3 is 14.2 Å².